The van der Waals surface area contributed by atoms with E-state index in [-0.39, 0.29) is 5.60 Å². The van der Waals surface area contributed by atoms with Crippen LogP contribution in [0, 0.1) is 22.2 Å². The smallest absolute Gasteiger partial charge is 0.0653 e. The fourth-order valence-electron chi connectivity index (χ4n) is 5.66. The van der Waals surface area contributed by atoms with Gasteiger partial charge in [0.15, 0.2) is 0 Å². The van der Waals surface area contributed by atoms with E-state index in [1.807, 2.05) is 0 Å². The van der Waals surface area contributed by atoms with E-state index in [9.17, 15) is 5.11 Å². The summed E-state index contributed by atoms with van der Waals surface area (Å²) in [6.07, 6.45) is 7.67. The summed E-state index contributed by atoms with van der Waals surface area (Å²) in [5.41, 5.74) is 1.03. The van der Waals surface area contributed by atoms with Gasteiger partial charge in [0.25, 0.3) is 0 Å². The molecule has 3 fully saturated rings. The lowest BCUT2D eigenvalue weighted by Gasteiger charge is -2.57. The number of hydrogen-bond acceptors (Lipinski definition) is 1. The van der Waals surface area contributed by atoms with E-state index in [4.69, 9.17) is 0 Å². The largest absolute Gasteiger partial charge is 0.390 e. The molecule has 0 aliphatic heterocycles. The number of rotatable bonds is 0. The number of aliphatic hydroxyl groups is 1. The van der Waals surface area contributed by atoms with Gasteiger partial charge in [0, 0.05) is 0 Å². The van der Waals surface area contributed by atoms with Crippen molar-refractivity contribution in [1.29, 1.82) is 0 Å². The average Bonchev–Trinajstić information content (AvgIpc) is 2.89. The van der Waals surface area contributed by atoms with Gasteiger partial charge in [0.2, 0.25) is 0 Å². The van der Waals surface area contributed by atoms with Crippen molar-refractivity contribution in [1.82, 2.24) is 0 Å². The van der Waals surface area contributed by atoms with Crippen molar-refractivity contribution in [3.63, 3.8) is 0 Å². The highest BCUT2D eigenvalue weighted by Crippen LogP contribution is 2.81. The van der Waals surface area contributed by atoms with Gasteiger partial charge >= 0.3 is 0 Å². The molecule has 3 saturated carbocycles. The van der Waals surface area contributed by atoms with Gasteiger partial charge in [-0.15, -0.1) is 0 Å². The van der Waals surface area contributed by atoms with Crippen molar-refractivity contribution in [2.24, 2.45) is 22.2 Å². The first kappa shape index (κ1) is 11.1. The van der Waals surface area contributed by atoms with Crippen LogP contribution in [-0.2, 0) is 0 Å². The van der Waals surface area contributed by atoms with Crippen LogP contribution in [0.25, 0.3) is 0 Å². The van der Waals surface area contributed by atoms with Gasteiger partial charge in [-0.25, -0.2) is 0 Å². The van der Waals surface area contributed by atoms with Gasteiger partial charge in [-0.2, -0.15) is 0 Å². The Bertz CT molecular complexity index is 330. The third-order valence-corrected chi connectivity index (χ3v) is 6.71. The molecule has 1 N–H and O–H groups in total. The minimum absolute atomic E-state index is 0.381. The van der Waals surface area contributed by atoms with Crippen LogP contribution >= 0.6 is 0 Å². The maximum absolute atomic E-state index is 10.6. The topological polar surface area (TPSA) is 20.2 Å². The summed E-state index contributed by atoms with van der Waals surface area (Å²) in [6.45, 7) is 9.48. The van der Waals surface area contributed by atoms with E-state index in [1.54, 1.807) is 0 Å². The molecule has 3 rings (SSSR count). The molecule has 0 bridgehead atoms. The van der Waals surface area contributed by atoms with Gasteiger partial charge in [-0.3, -0.25) is 0 Å². The summed E-state index contributed by atoms with van der Waals surface area (Å²) in [5.74, 6) is 0.578. The van der Waals surface area contributed by atoms with Crippen LogP contribution in [-0.4, -0.2) is 10.7 Å². The van der Waals surface area contributed by atoms with Crippen LogP contribution in [0.3, 0.4) is 0 Å². The zero-order valence-electron chi connectivity index (χ0n) is 11.3. The molecule has 0 saturated heterocycles. The van der Waals surface area contributed by atoms with E-state index >= 15 is 0 Å². The van der Waals surface area contributed by atoms with Crippen molar-refractivity contribution in [3.05, 3.63) is 0 Å². The molecule has 4 atom stereocenters. The highest BCUT2D eigenvalue weighted by Gasteiger charge is 2.77. The number of hydrogen-bond donors (Lipinski definition) is 1. The van der Waals surface area contributed by atoms with E-state index in [0.29, 0.717) is 22.2 Å². The van der Waals surface area contributed by atoms with Crippen LogP contribution in [0.1, 0.15) is 66.2 Å². The summed E-state index contributed by atoms with van der Waals surface area (Å²) < 4.78 is 0. The lowest BCUT2D eigenvalue weighted by atomic mass is 9.48. The molecule has 3 aliphatic carbocycles. The molecule has 3 aliphatic rings. The van der Waals surface area contributed by atoms with Crippen LogP contribution in [0.5, 0.6) is 0 Å². The Morgan fingerprint density at radius 2 is 1.62 bits per heavy atom. The van der Waals surface area contributed by atoms with Crippen LogP contribution in [0.4, 0.5) is 0 Å². The summed E-state index contributed by atoms with van der Waals surface area (Å²) >= 11 is 0. The Morgan fingerprint density at radius 3 is 2.31 bits per heavy atom. The minimum Gasteiger partial charge on any atom is -0.390 e. The van der Waals surface area contributed by atoms with Gasteiger partial charge in [0.05, 0.1) is 5.60 Å². The first-order chi connectivity index (χ1) is 7.25. The summed E-state index contributed by atoms with van der Waals surface area (Å²) in [4.78, 5) is 0. The second-order valence-corrected chi connectivity index (χ2v) is 7.88. The summed E-state index contributed by atoms with van der Waals surface area (Å²) in [7, 11) is 0. The summed E-state index contributed by atoms with van der Waals surface area (Å²) in [5, 5.41) is 10.6. The molecule has 92 valence electrons. The average molecular weight is 222 g/mol. The summed E-state index contributed by atoms with van der Waals surface area (Å²) in [6, 6.07) is 0. The van der Waals surface area contributed by atoms with E-state index in [1.165, 1.54) is 32.1 Å². The highest BCUT2D eigenvalue weighted by atomic mass is 16.3. The zero-order chi connectivity index (χ0) is 11.8. The Hall–Kier alpha value is -0.0400. The fourth-order valence-corrected chi connectivity index (χ4v) is 5.66. The molecule has 1 nitrogen and oxygen atoms in total. The predicted octanol–water partition coefficient (Wildman–Crippen LogP) is 3.75. The standard InChI is InChI=1S/C15H26O/c1-12(2)6-5-7-13(3)8-9-14(4,16)11-10-15(11,12)13/h11,16H,5-10H2,1-4H3/t11?,13?,14-,15?/m0/s1. The molecule has 3 unspecified atom stereocenters. The SMILES string of the molecule is CC1(C)CCCC2(C)CC[C@](C)(O)C3CC312. The maximum Gasteiger partial charge on any atom is 0.0653 e. The van der Waals surface area contributed by atoms with Crippen molar-refractivity contribution < 1.29 is 5.11 Å². The first-order valence-corrected chi connectivity index (χ1v) is 6.98. The molecular formula is C15H26O. The lowest BCUT2D eigenvalue weighted by molar-refractivity contribution is -0.122. The third-order valence-electron chi connectivity index (χ3n) is 6.71. The lowest BCUT2D eigenvalue weighted by Crippen LogP contribution is -2.52. The van der Waals surface area contributed by atoms with Crippen molar-refractivity contribution in [2.45, 2.75) is 71.8 Å². The Morgan fingerprint density at radius 1 is 0.938 bits per heavy atom. The van der Waals surface area contributed by atoms with Crippen LogP contribution in [0.2, 0.25) is 0 Å². The Kier molecular flexibility index (Phi) is 1.86. The van der Waals surface area contributed by atoms with Gasteiger partial charge in [0.1, 0.15) is 0 Å². The van der Waals surface area contributed by atoms with E-state index in [2.05, 4.69) is 27.7 Å². The molecule has 0 radical (unpaired) electrons. The molecule has 1 heteroatoms. The van der Waals surface area contributed by atoms with Crippen LogP contribution in [0.15, 0.2) is 0 Å². The molecular weight excluding hydrogens is 196 g/mol. The normalized spacial score (nSPS) is 58.7. The van der Waals surface area contributed by atoms with E-state index < -0.39 is 0 Å². The molecule has 0 amide bonds. The second-order valence-electron chi connectivity index (χ2n) is 7.88. The van der Waals surface area contributed by atoms with Crippen molar-refractivity contribution in [2.75, 3.05) is 0 Å². The van der Waals surface area contributed by atoms with Gasteiger partial charge in [-0.05, 0) is 61.2 Å². The van der Waals surface area contributed by atoms with Gasteiger partial charge < -0.3 is 5.11 Å². The van der Waals surface area contributed by atoms with E-state index in [0.717, 1.165) is 6.42 Å². The monoisotopic (exact) mass is 222 g/mol. The molecule has 0 aromatic rings. The van der Waals surface area contributed by atoms with Crippen molar-refractivity contribution in [3.8, 4) is 0 Å². The molecule has 0 aromatic heterocycles. The molecule has 0 heterocycles. The molecule has 1 spiro atoms. The highest BCUT2D eigenvalue weighted by molar-refractivity contribution is 5.25. The van der Waals surface area contributed by atoms with Crippen molar-refractivity contribution >= 4 is 0 Å². The van der Waals surface area contributed by atoms with Gasteiger partial charge in [-0.1, -0.05) is 27.2 Å². The third kappa shape index (κ3) is 1.02. The minimum atomic E-state index is -0.381. The maximum atomic E-state index is 10.6. The fraction of sp³-hybridized carbons (Fsp3) is 1.00. The zero-order valence-corrected chi connectivity index (χ0v) is 11.3. The van der Waals surface area contributed by atoms with Crippen LogP contribution < -0.4 is 0 Å². The first-order valence-electron chi connectivity index (χ1n) is 6.98. The predicted molar refractivity (Wildman–Crippen MR) is 66.1 cm³/mol. The quantitative estimate of drug-likeness (QED) is 0.662. The second kappa shape index (κ2) is 2.68. The Labute approximate surface area is 99.6 Å². The molecule has 16 heavy (non-hydrogen) atoms. The Balaban J connectivity index is 2.05. The molecule has 0 aromatic carbocycles.